The van der Waals surface area contributed by atoms with E-state index in [9.17, 15) is 4.79 Å². The quantitative estimate of drug-likeness (QED) is 0.583. The highest BCUT2D eigenvalue weighted by atomic mass is 16.2. The number of hydrogen-bond acceptors (Lipinski definition) is 2. The Kier molecular flexibility index (Phi) is 3.09. The van der Waals surface area contributed by atoms with Gasteiger partial charge < -0.3 is 9.80 Å². The molecule has 1 heterocycles. The van der Waals surface area contributed by atoms with E-state index in [0.29, 0.717) is 12.0 Å². The van der Waals surface area contributed by atoms with E-state index in [2.05, 4.69) is 32.5 Å². The number of hydrogen-bond donors (Lipinski definition) is 0. The Morgan fingerprint density at radius 1 is 1.54 bits per heavy atom. The van der Waals surface area contributed by atoms with Gasteiger partial charge in [-0.05, 0) is 26.1 Å². The Hall–Kier alpha value is -0.830. The van der Waals surface area contributed by atoms with E-state index in [1.165, 1.54) is 6.08 Å². The van der Waals surface area contributed by atoms with Crippen molar-refractivity contribution in [1.82, 2.24) is 9.80 Å². The summed E-state index contributed by atoms with van der Waals surface area (Å²) >= 11 is 0. The van der Waals surface area contributed by atoms with Gasteiger partial charge in [-0.25, -0.2) is 0 Å². The summed E-state index contributed by atoms with van der Waals surface area (Å²) in [5.74, 6) is 0.607. The highest BCUT2D eigenvalue weighted by Crippen LogP contribution is 2.19. The molecule has 0 aliphatic carbocycles. The van der Waals surface area contributed by atoms with Crippen LogP contribution in [0, 0.1) is 5.92 Å². The molecule has 3 heteroatoms. The van der Waals surface area contributed by atoms with Gasteiger partial charge in [0.1, 0.15) is 0 Å². The maximum atomic E-state index is 11.3. The molecule has 1 aliphatic rings. The highest BCUT2D eigenvalue weighted by molar-refractivity contribution is 5.87. The molecule has 1 fully saturated rings. The topological polar surface area (TPSA) is 23.6 Å². The van der Waals surface area contributed by atoms with Gasteiger partial charge in [-0.2, -0.15) is 0 Å². The SMILES string of the molecule is C=CC(=O)N1CC(C)C(N(C)C)C1. The Bertz CT molecular complexity index is 213. The van der Waals surface area contributed by atoms with Gasteiger partial charge in [-0.3, -0.25) is 4.79 Å². The standard InChI is InChI=1S/C10H18N2O/c1-5-10(13)12-6-8(2)9(7-12)11(3)4/h5,8-9H,1,6-7H2,2-4H3. The lowest BCUT2D eigenvalue weighted by atomic mass is 10.1. The number of carbonyl (C=O) groups is 1. The molecule has 13 heavy (non-hydrogen) atoms. The Balaban J connectivity index is 2.59. The number of rotatable bonds is 2. The summed E-state index contributed by atoms with van der Waals surface area (Å²) in [6, 6.07) is 0.490. The van der Waals surface area contributed by atoms with E-state index in [4.69, 9.17) is 0 Å². The second-order valence-electron chi connectivity index (χ2n) is 3.96. The van der Waals surface area contributed by atoms with Gasteiger partial charge in [-0.15, -0.1) is 0 Å². The molecule has 3 nitrogen and oxygen atoms in total. The fourth-order valence-electron chi connectivity index (χ4n) is 1.93. The second-order valence-corrected chi connectivity index (χ2v) is 3.96. The third-order valence-corrected chi connectivity index (χ3v) is 2.72. The first kappa shape index (κ1) is 10.3. The lowest BCUT2D eigenvalue weighted by molar-refractivity contribution is -0.125. The minimum absolute atomic E-state index is 0.0520. The lowest BCUT2D eigenvalue weighted by Crippen LogP contribution is -2.35. The second kappa shape index (κ2) is 3.92. The minimum atomic E-state index is 0.0520. The van der Waals surface area contributed by atoms with Crippen LogP contribution in [0.3, 0.4) is 0 Å². The van der Waals surface area contributed by atoms with Gasteiger partial charge in [-0.1, -0.05) is 13.5 Å². The summed E-state index contributed by atoms with van der Waals surface area (Å²) in [6.45, 7) is 7.36. The molecule has 2 unspecified atom stereocenters. The van der Waals surface area contributed by atoms with Crippen molar-refractivity contribution in [2.75, 3.05) is 27.2 Å². The fraction of sp³-hybridized carbons (Fsp3) is 0.700. The Labute approximate surface area is 80.0 Å². The zero-order valence-corrected chi connectivity index (χ0v) is 8.66. The van der Waals surface area contributed by atoms with E-state index < -0.39 is 0 Å². The molecular formula is C10H18N2O. The summed E-state index contributed by atoms with van der Waals surface area (Å²) in [5.41, 5.74) is 0. The van der Waals surface area contributed by atoms with Crippen LogP contribution < -0.4 is 0 Å². The summed E-state index contributed by atoms with van der Waals surface area (Å²) < 4.78 is 0. The molecule has 2 atom stereocenters. The molecule has 0 radical (unpaired) electrons. The van der Waals surface area contributed by atoms with Crippen LogP contribution in [0.5, 0.6) is 0 Å². The molecule has 0 saturated carbocycles. The predicted octanol–water partition coefficient (Wildman–Crippen LogP) is 0.581. The van der Waals surface area contributed by atoms with Crippen LogP contribution in [0.25, 0.3) is 0 Å². The Morgan fingerprint density at radius 2 is 2.15 bits per heavy atom. The molecule has 0 aromatic heterocycles. The zero-order valence-electron chi connectivity index (χ0n) is 8.66. The van der Waals surface area contributed by atoms with Crippen LogP contribution in [0.1, 0.15) is 6.92 Å². The lowest BCUT2D eigenvalue weighted by Gasteiger charge is -2.22. The molecule has 1 saturated heterocycles. The molecule has 1 amide bonds. The van der Waals surface area contributed by atoms with Crippen molar-refractivity contribution in [1.29, 1.82) is 0 Å². The van der Waals surface area contributed by atoms with Gasteiger partial charge in [0.2, 0.25) is 5.91 Å². The number of likely N-dealkylation sites (N-methyl/N-ethyl adjacent to an activating group) is 1. The van der Waals surface area contributed by atoms with Crippen molar-refractivity contribution in [2.45, 2.75) is 13.0 Å². The third-order valence-electron chi connectivity index (χ3n) is 2.72. The average molecular weight is 182 g/mol. The van der Waals surface area contributed by atoms with E-state index in [1.807, 2.05) is 4.90 Å². The van der Waals surface area contributed by atoms with E-state index in [-0.39, 0.29) is 5.91 Å². The van der Waals surface area contributed by atoms with Crippen molar-refractivity contribution >= 4 is 5.91 Å². The van der Waals surface area contributed by atoms with E-state index in [1.54, 1.807) is 0 Å². The molecule has 0 aromatic carbocycles. The Morgan fingerprint density at radius 3 is 2.54 bits per heavy atom. The molecule has 1 aliphatic heterocycles. The van der Waals surface area contributed by atoms with Crippen LogP contribution in [0.2, 0.25) is 0 Å². The van der Waals surface area contributed by atoms with Gasteiger partial charge in [0.25, 0.3) is 0 Å². The first-order chi connectivity index (χ1) is 6.06. The van der Waals surface area contributed by atoms with Crippen molar-refractivity contribution in [3.05, 3.63) is 12.7 Å². The van der Waals surface area contributed by atoms with Gasteiger partial charge in [0, 0.05) is 19.1 Å². The average Bonchev–Trinajstić information content (AvgIpc) is 2.46. The molecule has 0 aromatic rings. The molecule has 0 spiro atoms. The molecule has 74 valence electrons. The van der Waals surface area contributed by atoms with Crippen molar-refractivity contribution < 1.29 is 4.79 Å². The van der Waals surface area contributed by atoms with Gasteiger partial charge in [0.05, 0.1) is 0 Å². The number of amides is 1. The number of carbonyl (C=O) groups excluding carboxylic acids is 1. The van der Waals surface area contributed by atoms with Crippen molar-refractivity contribution in [2.24, 2.45) is 5.92 Å². The summed E-state index contributed by atoms with van der Waals surface area (Å²) in [6.07, 6.45) is 1.39. The van der Waals surface area contributed by atoms with E-state index >= 15 is 0 Å². The summed E-state index contributed by atoms with van der Waals surface area (Å²) in [5, 5.41) is 0. The van der Waals surface area contributed by atoms with Crippen molar-refractivity contribution in [3.8, 4) is 0 Å². The largest absolute Gasteiger partial charge is 0.337 e. The first-order valence-corrected chi connectivity index (χ1v) is 4.64. The zero-order chi connectivity index (χ0) is 10.0. The van der Waals surface area contributed by atoms with Crippen LogP contribution in [-0.2, 0) is 4.79 Å². The maximum absolute atomic E-state index is 11.3. The summed E-state index contributed by atoms with van der Waals surface area (Å²) in [7, 11) is 4.12. The molecular weight excluding hydrogens is 164 g/mol. The van der Waals surface area contributed by atoms with Crippen LogP contribution in [0.15, 0.2) is 12.7 Å². The first-order valence-electron chi connectivity index (χ1n) is 4.64. The monoisotopic (exact) mass is 182 g/mol. The van der Waals surface area contributed by atoms with Crippen LogP contribution >= 0.6 is 0 Å². The third kappa shape index (κ3) is 2.10. The minimum Gasteiger partial charge on any atom is -0.337 e. The molecule has 0 bridgehead atoms. The molecule has 0 N–H and O–H groups in total. The summed E-state index contributed by atoms with van der Waals surface area (Å²) in [4.78, 5) is 15.4. The normalized spacial score (nSPS) is 28.2. The van der Waals surface area contributed by atoms with E-state index in [0.717, 1.165) is 13.1 Å². The maximum Gasteiger partial charge on any atom is 0.246 e. The smallest absolute Gasteiger partial charge is 0.246 e. The highest BCUT2D eigenvalue weighted by Gasteiger charge is 2.32. The van der Waals surface area contributed by atoms with Gasteiger partial charge in [0.15, 0.2) is 0 Å². The fourth-order valence-corrected chi connectivity index (χ4v) is 1.93. The van der Waals surface area contributed by atoms with Gasteiger partial charge >= 0.3 is 0 Å². The number of likely N-dealkylation sites (tertiary alicyclic amines) is 1. The van der Waals surface area contributed by atoms with Crippen LogP contribution in [-0.4, -0.2) is 48.9 Å². The molecule has 1 rings (SSSR count). The predicted molar refractivity (Wildman–Crippen MR) is 53.4 cm³/mol. The number of nitrogens with zero attached hydrogens (tertiary/aromatic N) is 2. The van der Waals surface area contributed by atoms with Crippen molar-refractivity contribution in [3.63, 3.8) is 0 Å². The van der Waals surface area contributed by atoms with Crippen LogP contribution in [0.4, 0.5) is 0 Å².